The van der Waals surface area contributed by atoms with Crippen molar-refractivity contribution in [1.82, 2.24) is 20.1 Å². The van der Waals surface area contributed by atoms with E-state index in [0.29, 0.717) is 23.2 Å². The minimum atomic E-state index is -2.31. The molecule has 2 atom stereocenters. The first-order valence-electron chi connectivity index (χ1n) is 12.7. The molecule has 2 N–H and O–H groups in total. The lowest BCUT2D eigenvalue weighted by molar-refractivity contribution is 0.247. The fourth-order valence-corrected chi connectivity index (χ4v) is 5.58. The average Bonchev–Trinajstić information content (AvgIpc) is 3.49. The molecule has 38 heavy (non-hydrogen) atoms. The van der Waals surface area contributed by atoms with E-state index >= 15 is 0 Å². The van der Waals surface area contributed by atoms with E-state index in [1.54, 1.807) is 29.5 Å². The fourth-order valence-electron chi connectivity index (χ4n) is 5.02. The molecule has 0 unspecified atom stereocenters. The van der Waals surface area contributed by atoms with Crippen molar-refractivity contribution in [2.75, 3.05) is 17.8 Å². The first kappa shape index (κ1) is 25.7. The molecule has 0 spiro atoms. The first-order chi connectivity index (χ1) is 18.3. The predicted octanol–water partition coefficient (Wildman–Crippen LogP) is 6.06. The normalized spacial score (nSPS) is 17.2. The molecule has 9 heteroatoms. The number of carbonyl (C=O) groups excluding carboxylic acids is 1. The number of hydrogen-bond donors (Lipinski definition) is 2. The van der Waals surface area contributed by atoms with E-state index in [1.807, 2.05) is 61.5 Å². The second kappa shape index (κ2) is 10.8. The van der Waals surface area contributed by atoms with Gasteiger partial charge in [0.1, 0.15) is 5.82 Å². The second-order valence-corrected chi connectivity index (χ2v) is 12.4. The van der Waals surface area contributed by atoms with Crippen LogP contribution in [0.3, 0.4) is 0 Å². The van der Waals surface area contributed by atoms with Crippen molar-refractivity contribution in [3.63, 3.8) is 0 Å². The van der Waals surface area contributed by atoms with E-state index in [9.17, 15) is 9.00 Å². The summed E-state index contributed by atoms with van der Waals surface area (Å²) in [6, 6.07) is 23.5. The molecule has 0 radical (unpaired) electrons. The molecular weight excluding hydrogens is 496 g/mol. The number of amides is 2. The van der Waals surface area contributed by atoms with E-state index in [4.69, 9.17) is 5.10 Å². The highest BCUT2D eigenvalue weighted by molar-refractivity contribution is 7.92. The molecule has 0 saturated heterocycles. The van der Waals surface area contributed by atoms with Crippen LogP contribution in [0.15, 0.2) is 83.4 Å². The number of rotatable bonds is 6. The monoisotopic (exact) mass is 528 g/mol. The summed E-state index contributed by atoms with van der Waals surface area (Å²) in [6.45, 7) is 1.93. The third kappa shape index (κ3) is 5.78. The standard InChI is InChI=1S/C29H32N6O2S/c1-20-27(22-17-18-26(30-19-22)34-38(2,3)37)33-35(23-13-8-5-9-14-23)28(20)32-29(36)31-25-16-10-15-24(25)21-11-6-4-7-12-21/h4-9,11-14,17-19,24-25H,10,15-16H2,1-3H3,(H2,31,32,36)/t24-,25+/m0/s1. The molecule has 1 aliphatic rings. The lowest BCUT2D eigenvalue weighted by Crippen LogP contribution is -2.39. The highest BCUT2D eigenvalue weighted by Crippen LogP contribution is 2.35. The van der Waals surface area contributed by atoms with E-state index in [2.05, 4.69) is 32.1 Å². The number of urea groups is 1. The Morgan fingerprint density at radius 2 is 1.71 bits per heavy atom. The predicted molar refractivity (Wildman–Crippen MR) is 153 cm³/mol. The number of benzene rings is 2. The van der Waals surface area contributed by atoms with Crippen molar-refractivity contribution >= 4 is 27.4 Å². The zero-order valence-electron chi connectivity index (χ0n) is 21.8. The largest absolute Gasteiger partial charge is 0.334 e. The molecule has 2 heterocycles. The highest BCUT2D eigenvalue weighted by Gasteiger charge is 2.30. The number of anilines is 1. The molecule has 196 valence electrons. The SMILES string of the molecule is Cc1c(-c2ccc(N=S(C)(C)=O)nc2)nn(-c2ccccc2)c1NC(=O)N[C@@H]1CCC[C@H]1c1ccccc1. The molecule has 1 aliphatic carbocycles. The third-order valence-corrected chi connectivity index (χ3v) is 7.38. The third-order valence-electron chi connectivity index (χ3n) is 6.75. The number of pyridine rings is 1. The summed E-state index contributed by atoms with van der Waals surface area (Å²) in [5.74, 6) is 1.30. The van der Waals surface area contributed by atoms with Crippen molar-refractivity contribution in [3.05, 3.63) is 90.1 Å². The topological polar surface area (TPSA) is 101 Å². The van der Waals surface area contributed by atoms with E-state index in [1.165, 1.54) is 5.56 Å². The van der Waals surface area contributed by atoms with Crippen molar-refractivity contribution in [1.29, 1.82) is 0 Å². The van der Waals surface area contributed by atoms with Gasteiger partial charge in [-0.25, -0.2) is 18.7 Å². The Hall–Kier alpha value is -3.98. The van der Waals surface area contributed by atoms with Gasteiger partial charge in [-0.2, -0.15) is 9.46 Å². The minimum Gasteiger partial charge on any atom is -0.334 e. The van der Waals surface area contributed by atoms with Crippen LogP contribution in [0.5, 0.6) is 0 Å². The van der Waals surface area contributed by atoms with Crippen molar-refractivity contribution in [2.45, 2.75) is 38.1 Å². The summed E-state index contributed by atoms with van der Waals surface area (Å²) >= 11 is 0. The highest BCUT2D eigenvalue weighted by atomic mass is 32.2. The van der Waals surface area contributed by atoms with Crippen LogP contribution >= 0.6 is 0 Å². The van der Waals surface area contributed by atoms with Crippen LogP contribution < -0.4 is 10.6 Å². The molecule has 5 rings (SSSR count). The maximum Gasteiger partial charge on any atom is 0.320 e. The number of carbonyl (C=O) groups is 1. The zero-order chi connectivity index (χ0) is 26.7. The molecule has 2 amide bonds. The lowest BCUT2D eigenvalue weighted by atomic mass is 9.94. The van der Waals surface area contributed by atoms with Crippen LogP contribution in [-0.4, -0.2) is 43.6 Å². The van der Waals surface area contributed by atoms with Crippen LogP contribution in [0.1, 0.15) is 36.3 Å². The Labute approximate surface area is 223 Å². The van der Waals surface area contributed by atoms with E-state index in [0.717, 1.165) is 36.1 Å². The summed E-state index contributed by atoms with van der Waals surface area (Å²) in [5, 5.41) is 11.1. The number of nitrogens with one attached hydrogen (secondary N) is 2. The van der Waals surface area contributed by atoms with Crippen LogP contribution in [0, 0.1) is 6.92 Å². The van der Waals surface area contributed by atoms with Gasteiger partial charge < -0.3 is 5.32 Å². The smallest absolute Gasteiger partial charge is 0.320 e. The van der Waals surface area contributed by atoms with Gasteiger partial charge in [0.15, 0.2) is 5.82 Å². The summed E-state index contributed by atoms with van der Waals surface area (Å²) in [6.07, 6.45) is 7.90. The molecule has 0 aliphatic heterocycles. The quantitative estimate of drug-likeness (QED) is 0.318. The number of para-hydroxylation sites is 1. The Balaban J connectivity index is 1.44. The molecule has 2 aromatic heterocycles. The van der Waals surface area contributed by atoms with Gasteiger partial charge in [0.25, 0.3) is 0 Å². The van der Waals surface area contributed by atoms with Crippen LogP contribution in [0.2, 0.25) is 0 Å². The average molecular weight is 529 g/mol. The summed E-state index contributed by atoms with van der Waals surface area (Å²) in [5.41, 5.74) is 4.37. The van der Waals surface area contributed by atoms with Gasteiger partial charge in [-0.3, -0.25) is 5.32 Å². The Bertz CT molecular complexity index is 1530. The van der Waals surface area contributed by atoms with E-state index in [-0.39, 0.29) is 12.1 Å². The summed E-state index contributed by atoms with van der Waals surface area (Å²) in [4.78, 5) is 17.7. The van der Waals surface area contributed by atoms with Gasteiger partial charge in [-0.05, 0) is 49.6 Å². The van der Waals surface area contributed by atoms with Crippen LogP contribution in [-0.2, 0) is 9.73 Å². The summed E-state index contributed by atoms with van der Waals surface area (Å²) in [7, 11) is -2.31. The van der Waals surface area contributed by atoms with Gasteiger partial charge in [0.2, 0.25) is 0 Å². The Kier molecular flexibility index (Phi) is 7.28. The van der Waals surface area contributed by atoms with Crippen LogP contribution in [0.25, 0.3) is 16.9 Å². The van der Waals surface area contributed by atoms with Gasteiger partial charge in [-0.15, -0.1) is 0 Å². The minimum absolute atomic E-state index is 0.0677. The fraction of sp³-hybridized carbons (Fsp3) is 0.276. The van der Waals surface area contributed by atoms with Crippen LogP contribution in [0.4, 0.5) is 16.4 Å². The molecule has 0 bridgehead atoms. The maximum absolute atomic E-state index is 13.3. The molecule has 2 aromatic carbocycles. The maximum atomic E-state index is 13.3. The molecule has 1 saturated carbocycles. The van der Waals surface area contributed by atoms with Gasteiger partial charge in [-0.1, -0.05) is 55.0 Å². The van der Waals surface area contributed by atoms with E-state index < -0.39 is 9.73 Å². The lowest BCUT2D eigenvalue weighted by Gasteiger charge is -2.22. The van der Waals surface area contributed by atoms with Gasteiger partial charge in [0, 0.05) is 51.5 Å². The molecular formula is C29H32N6O2S. The number of aromatic nitrogens is 3. The molecule has 4 aromatic rings. The van der Waals surface area contributed by atoms with Gasteiger partial charge in [0.05, 0.1) is 11.4 Å². The van der Waals surface area contributed by atoms with Crippen molar-refractivity contribution < 1.29 is 9.00 Å². The van der Waals surface area contributed by atoms with Crippen molar-refractivity contribution in [2.24, 2.45) is 4.36 Å². The van der Waals surface area contributed by atoms with Gasteiger partial charge >= 0.3 is 6.03 Å². The molecule has 8 nitrogen and oxygen atoms in total. The number of nitrogens with zero attached hydrogens (tertiary/aromatic N) is 4. The zero-order valence-corrected chi connectivity index (χ0v) is 22.6. The first-order valence-corrected chi connectivity index (χ1v) is 15.0. The summed E-state index contributed by atoms with van der Waals surface area (Å²) < 4.78 is 17.9. The second-order valence-electron chi connectivity index (χ2n) is 9.90. The number of hydrogen-bond acceptors (Lipinski definition) is 5. The molecule has 1 fully saturated rings. The Morgan fingerprint density at radius 1 is 1.00 bits per heavy atom. The Morgan fingerprint density at radius 3 is 2.37 bits per heavy atom. The van der Waals surface area contributed by atoms with Crippen molar-refractivity contribution in [3.8, 4) is 16.9 Å².